The summed E-state index contributed by atoms with van der Waals surface area (Å²) >= 11 is 1.58. The molecule has 0 radical (unpaired) electrons. The fourth-order valence-electron chi connectivity index (χ4n) is 4.70. The van der Waals surface area contributed by atoms with Gasteiger partial charge in [-0.05, 0) is 37.8 Å². The van der Waals surface area contributed by atoms with Crippen LogP contribution in [0.4, 0.5) is 10.1 Å². The molecule has 158 valence electrons. The summed E-state index contributed by atoms with van der Waals surface area (Å²) in [7, 11) is 0. The molecule has 6 nitrogen and oxygen atoms in total. The van der Waals surface area contributed by atoms with E-state index in [0.717, 1.165) is 42.1 Å². The Balaban J connectivity index is 1.26. The zero-order valence-corrected chi connectivity index (χ0v) is 17.7. The first-order valence-electron chi connectivity index (χ1n) is 10.7. The number of benzene rings is 1. The molecular weight excluding hydrogens is 403 g/mol. The van der Waals surface area contributed by atoms with Crippen LogP contribution in [0.1, 0.15) is 36.6 Å². The largest absolute Gasteiger partial charge is 0.366 e. The fraction of sp³-hybridized carbons (Fsp3) is 0.500. The lowest BCUT2D eigenvalue weighted by Crippen LogP contribution is -2.49. The van der Waals surface area contributed by atoms with Crippen LogP contribution in [0.3, 0.4) is 0 Å². The standard InChI is InChI=1S/C22H25FN4O2S/c23-17-6-2-4-8-19(17)25-9-11-26(12-10-25)20(28)13-15-14-30-22-24-18-7-3-1-5-16(18)21(29)27(15)22/h2,4,6,8,15H,1,3,5,7,9-14H2/t15-/m1/s1. The third-order valence-electron chi connectivity index (χ3n) is 6.36. The maximum Gasteiger partial charge on any atom is 0.257 e. The second kappa shape index (κ2) is 8.06. The van der Waals surface area contributed by atoms with Gasteiger partial charge in [-0.15, -0.1) is 0 Å². The van der Waals surface area contributed by atoms with Crippen LogP contribution in [0.5, 0.6) is 0 Å². The maximum atomic E-state index is 14.0. The number of carbonyl (C=O) groups is 1. The lowest BCUT2D eigenvalue weighted by atomic mass is 9.97. The molecule has 3 heterocycles. The van der Waals surface area contributed by atoms with Crippen LogP contribution >= 0.6 is 11.8 Å². The second-order valence-corrected chi connectivity index (χ2v) is 9.18. The number of carbonyl (C=O) groups excluding carboxylic acids is 1. The van der Waals surface area contributed by atoms with Gasteiger partial charge < -0.3 is 9.80 Å². The number of fused-ring (bicyclic) bond motifs is 2. The molecule has 30 heavy (non-hydrogen) atoms. The van der Waals surface area contributed by atoms with E-state index in [4.69, 9.17) is 4.98 Å². The molecule has 1 saturated heterocycles. The monoisotopic (exact) mass is 428 g/mol. The zero-order chi connectivity index (χ0) is 20.7. The van der Waals surface area contributed by atoms with Crippen molar-refractivity contribution in [2.24, 2.45) is 0 Å². The Hall–Kier alpha value is -2.35. The van der Waals surface area contributed by atoms with Gasteiger partial charge >= 0.3 is 0 Å². The van der Waals surface area contributed by atoms with Gasteiger partial charge in [-0.2, -0.15) is 0 Å². The molecule has 8 heteroatoms. The molecule has 0 bridgehead atoms. The van der Waals surface area contributed by atoms with E-state index in [1.54, 1.807) is 28.5 Å². The Morgan fingerprint density at radius 2 is 1.90 bits per heavy atom. The van der Waals surface area contributed by atoms with Gasteiger partial charge in [-0.1, -0.05) is 23.9 Å². The molecular formula is C22H25FN4O2S. The fourth-order valence-corrected chi connectivity index (χ4v) is 5.85. The Kier molecular flexibility index (Phi) is 5.26. The normalized spacial score (nSPS) is 20.8. The Morgan fingerprint density at radius 1 is 1.13 bits per heavy atom. The Bertz CT molecular complexity index is 1030. The summed E-state index contributed by atoms with van der Waals surface area (Å²) in [6, 6.07) is 6.63. The minimum absolute atomic E-state index is 0.0573. The lowest BCUT2D eigenvalue weighted by Gasteiger charge is -2.36. The Morgan fingerprint density at radius 3 is 2.70 bits per heavy atom. The highest BCUT2D eigenvalue weighted by Crippen LogP contribution is 2.34. The number of thioether (sulfide) groups is 1. The van der Waals surface area contributed by atoms with Crippen molar-refractivity contribution in [1.29, 1.82) is 0 Å². The third-order valence-corrected chi connectivity index (χ3v) is 7.46. The highest BCUT2D eigenvalue weighted by molar-refractivity contribution is 7.99. The predicted octanol–water partition coefficient (Wildman–Crippen LogP) is 2.65. The average Bonchev–Trinajstić information content (AvgIpc) is 3.17. The van der Waals surface area contributed by atoms with Gasteiger partial charge in [0.15, 0.2) is 5.16 Å². The summed E-state index contributed by atoms with van der Waals surface area (Å²) in [6.45, 7) is 2.35. The summed E-state index contributed by atoms with van der Waals surface area (Å²) in [5.41, 5.74) is 2.46. The molecule has 1 atom stereocenters. The van der Waals surface area contributed by atoms with Gasteiger partial charge in [-0.3, -0.25) is 14.2 Å². The van der Waals surface area contributed by atoms with Gasteiger partial charge in [0.2, 0.25) is 5.91 Å². The van der Waals surface area contributed by atoms with E-state index in [9.17, 15) is 14.0 Å². The minimum atomic E-state index is -0.230. The van der Waals surface area contributed by atoms with Gasteiger partial charge in [0.1, 0.15) is 5.82 Å². The summed E-state index contributed by atoms with van der Waals surface area (Å²) in [6.07, 6.45) is 4.13. The zero-order valence-electron chi connectivity index (χ0n) is 16.8. The van der Waals surface area contributed by atoms with Crippen molar-refractivity contribution in [3.8, 4) is 0 Å². The van der Waals surface area contributed by atoms with E-state index < -0.39 is 0 Å². The van der Waals surface area contributed by atoms with Crippen LogP contribution < -0.4 is 10.5 Å². The van der Waals surface area contributed by atoms with Crippen LogP contribution in [-0.4, -0.2) is 52.3 Å². The first kappa shape index (κ1) is 19.6. The van der Waals surface area contributed by atoms with E-state index in [1.165, 1.54) is 6.07 Å². The number of rotatable bonds is 3. The first-order chi connectivity index (χ1) is 14.6. The van der Waals surface area contributed by atoms with Crippen molar-refractivity contribution >= 4 is 23.4 Å². The number of hydrogen-bond donors (Lipinski definition) is 0. The number of nitrogens with zero attached hydrogens (tertiary/aromatic N) is 4. The summed E-state index contributed by atoms with van der Waals surface area (Å²) in [5.74, 6) is 0.546. The number of aryl methyl sites for hydroxylation is 1. The van der Waals surface area contributed by atoms with Crippen molar-refractivity contribution in [2.75, 3.05) is 36.8 Å². The molecule has 0 saturated carbocycles. The van der Waals surface area contributed by atoms with Crippen molar-refractivity contribution in [3.63, 3.8) is 0 Å². The van der Waals surface area contributed by atoms with Gasteiger partial charge in [-0.25, -0.2) is 9.37 Å². The molecule has 1 aromatic heterocycles. The smallest absolute Gasteiger partial charge is 0.257 e. The molecule has 1 amide bonds. The first-order valence-corrected chi connectivity index (χ1v) is 11.6. The van der Waals surface area contributed by atoms with Crippen LogP contribution in [0.2, 0.25) is 0 Å². The van der Waals surface area contributed by atoms with Gasteiger partial charge in [0.05, 0.1) is 17.4 Å². The molecule has 0 spiro atoms. The number of amides is 1. The molecule has 1 fully saturated rings. The van der Waals surface area contributed by atoms with Crippen molar-refractivity contribution in [2.45, 2.75) is 43.3 Å². The van der Waals surface area contributed by atoms with E-state index in [0.29, 0.717) is 44.0 Å². The number of halogens is 1. The van der Waals surface area contributed by atoms with E-state index in [2.05, 4.69) is 0 Å². The Labute approximate surface area is 179 Å². The lowest BCUT2D eigenvalue weighted by molar-refractivity contribution is -0.132. The second-order valence-electron chi connectivity index (χ2n) is 8.19. The molecule has 5 rings (SSSR count). The molecule has 0 unspecified atom stereocenters. The van der Waals surface area contributed by atoms with Gasteiger partial charge in [0, 0.05) is 43.9 Å². The number of para-hydroxylation sites is 1. The van der Waals surface area contributed by atoms with Crippen LogP contribution in [0, 0.1) is 5.82 Å². The van der Waals surface area contributed by atoms with Crippen molar-refractivity contribution in [3.05, 3.63) is 51.7 Å². The summed E-state index contributed by atoms with van der Waals surface area (Å²) in [5, 5.41) is 0.767. The summed E-state index contributed by atoms with van der Waals surface area (Å²) < 4.78 is 15.8. The number of piperazine rings is 1. The van der Waals surface area contributed by atoms with Crippen LogP contribution in [0.15, 0.2) is 34.2 Å². The summed E-state index contributed by atoms with van der Waals surface area (Å²) in [4.78, 5) is 34.6. The minimum Gasteiger partial charge on any atom is -0.366 e. The molecule has 1 aliphatic carbocycles. The molecule has 1 aromatic carbocycles. The predicted molar refractivity (Wildman–Crippen MR) is 115 cm³/mol. The third kappa shape index (κ3) is 3.51. The van der Waals surface area contributed by atoms with Crippen LogP contribution in [-0.2, 0) is 17.6 Å². The van der Waals surface area contributed by atoms with Crippen LogP contribution in [0.25, 0.3) is 0 Å². The molecule has 2 aromatic rings. The van der Waals surface area contributed by atoms with Crippen molar-refractivity contribution in [1.82, 2.24) is 14.5 Å². The molecule has 2 aliphatic heterocycles. The highest BCUT2D eigenvalue weighted by atomic mass is 32.2. The van der Waals surface area contributed by atoms with E-state index >= 15 is 0 Å². The quantitative estimate of drug-likeness (QED) is 0.704. The average molecular weight is 429 g/mol. The van der Waals surface area contributed by atoms with E-state index in [1.807, 2.05) is 15.9 Å². The number of hydrogen-bond acceptors (Lipinski definition) is 5. The SMILES string of the molecule is O=C(C[C@@H]1CSc2nc3c(c(=O)n21)CCCC3)N1CCN(c2ccccc2F)CC1. The molecule has 0 N–H and O–H groups in total. The van der Waals surface area contributed by atoms with Crippen molar-refractivity contribution < 1.29 is 9.18 Å². The highest BCUT2D eigenvalue weighted by Gasteiger charge is 2.32. The number of anilines is 1. The number of aromatic nitrogens is 2. The van der Waals surface area contributed by atoms with E-state index in [-0.39, 0.29) is 23.3 Å². The molecule has 3 aliphatic rings. The van der Waals surface area contributed by atoms with Gasteiger partial charge in [0.25, 0.3) is 5.56 Å². The topological polar surface area (TPSA) is 58.4 Å². The maximum absolute atomic E-state index is 14.0.